The van der Waals surface area contributed by atoms with Crippen molar-refractivity contribution in [3.8, 4) is 0 Å². The quantitative estimate of drug-likeness (QED) is 0.441. The first kappa shape index (κ1) is 18.8. The van der Waals surface area contributed by atoms with Crippen molar-refractivity contribution < 1.29 is 14.3 Å². The molecule has 0 atom stereocenters. The molecule has 0 unspecified atom stereocenters. The van der Waals surface area contributed by atoms with Crippen LogP contribution in [-0.2, 0) is 22.4 Å². The molecule has 138 valence electrons. The SMILES string of the molecule is CCOC(=O)c1c(NC(=O)CSc2ccc(N)cc2)sc2c1CCCC2. The van der Waals surface area contributed by atoms with Gasteiger partial charge in [-0.05, 0) is 62.4 Å². The van der Waals surface area contributed by atoms with E-state index < -0.39 is 0 Å². The molecule has 1 aliphatic rings. The van der Waals surface area contributed by atoms with E-state index in [-0.39, 0.29) is 17.6 Å². The predicted octanol–water partition coefficient (Wildman–Crippen LogP) is 4.12. The third kappa shape index (κ3) is 4.40. The number of aryl methyl sites for hydroxylation is 1. The number of amides is 1. The molecule has 1 aromatic heterocycles. The summed E-state index contributed by atoms with van der Waals surface area (Å²) in [6, 6.07) is 7.40. The molecular weight excluding hydrogens is 368 g/mol. The number of esters is 1. The lowest BCUT2D eigenvalue weighted by Gasteiger charge is -2.12. The zero-order chi connectivity index (χ0) is 18.5. The number of carbonyl (C=O) groups excluding carboxylic acids is 2. The van der Waals surface area contributed by atoms with E-state index in [0.29, 0.717) is 22.9 Å². The Labute approximate surface area is 161 Å². The smallest absolute Gasteiger partial charge is 0.341 e. The minimum atomic E-state index is -0.339. The molecule has 3 rings (SSSR count). The highest BCUT2D eigenvalue weighted by molar-refractivity contribution is 8.00. The molecule has 5 nitrogen and oxygen atoms in total. The molecule has 2 aromatic rings. The number of hydrogen-bond donors (Lipinski definition) is 2. The molecule has 0 saturated heterocycles. The van der Waals surface area contributed by atoms with Crippen molar-refractivity contribution >= 4 is 45.7 Å². The van der Waals surface area contributed by atoms with E-state index in [9.17, 15) is 9.59 Å². The molecule has 0 saturated carbocycles. The summed E-state index contributed by atoms with van der Waals surface area (Å²) in [7, 11) is 0. The Morgan fingerprint density at radius 1 is 1.23 bits per heavy atom. The van der Waals surface area contributed by atoms with Crippen LogP contribution in [-0.4, -0.2) is 24.2 Å². The topological polar surface area (TPSA) is 81.4 Å². The van der Waals surface area contributed by atoms with Gasteiger partial charge in [0.25, 0.3) is 0 Å². The van der Waals surface area contributed by atoms with Gasteiger partial charge in [0.1, 0.15) is 5.00 Å². The summed E-state index contributed by atoms with van der Waals surface area (Å²) in [4.78, 5) is 27.0. The second-order valence-corrected chi connectivity index (χ2v) is 8.20. The van der Waals surface area contributed by atoms with Crippen LogP contribution in [0.1, 0.15) is 40.6 Å². The number of nitrogens with one attached hydrogen (secondary N) is 1. The lowest BCUT2D eigenvalue weighted by molar-refractivity contribution is -0.113. The number of rotatable bonds is 6. The maximum atomic E-state index is 12.4. The van der Waals surface area contributed by atoms with Crippen LogP contribution in [0.3, 0.4) is 0 Å². The minimum Gasteiger partial charge on any atom is -0.462 e. The number of hydrogen-bond acceptors (Lipinski definition) is 6. The van der Waals surface area contributed by atoms with Crippen molar-refractivity contribution in [2.45, 2.75) is 37.5 Å². The van der Waals surface area contributed by atoms with Crippen LogP contribution in [0, 0.1) is 0 Å². The minimum absolute atomic E-state index is 0.129. The molecule has 1 heterocycles. The molecule has 0 fully saturated rings. The van der Waals surface area contributed by atoms with E-state index in [0.717, 1.165) is 36.1 Å². The van der Waals surface area contributed by atoms with Crippen LogP contribution >= 0.6 is 23.1 Å². The van der Waals surface area contributed by atoms with E-state index in [4.69, 9.17) is 10.5 Å². The van der Waals surface area contributed by atoms with E-state index in [1.54, 1.807) is 6.92 Å². The first-order chi connectivity index (χ1) is 12.6. The molecule has 0 radical (unpaired) electrons. The van der Waals surface area contributed by atoms with Crippen molar-refractivity contribution in [1.29, 1.82) is 0 Å². The Kier molecular flexibility index (Phi) is 6.21. The Morgan fingerprint density at radius 2 is 1.96 bits per heavy atom. The Hall–Kier alpha value is -1.99. The molecule has 1 aliphatic carbocycles. The fraction of sp³-hybridized carbons (Fsp3) is 0.368. The van der Waals surface area contributed by atoms with Gasteiger partial charge in [0.05, 0.1) is 17.9 Å². The van der Waals surface area contributed by atoms with Gasteiger partial charge in [-0.2, -0.15) is 0 Å². The van der Waals surface area contributed by atoms with Crippen LogP contribution < -0.4 is 11.1 Å². The number of ether oxygens (including phenoxy) is 1. The largest absolute Gasteiger partial charge is 0.462 e. The first-order valence-electron chi connectivity index (χ1n) is 8.68. The van der Waals surface area contributed by atoms with Crippen molar-refractivity contribution in [1.82, 2.24) is 0 Å². The number of benzene rings is 1. The summed E-state index contributed by atoms with van der Waals surface area (Å²) >= 11 is 2.95. The standard InChI is InChI=1S/C19H22N2O3S2/c1-2-24-19(23)17-14-5-3-4-6-15(14)26-18(17)21-16(22)11-25-13-9-7-12(20)8-10-13/h7-10H,2-6,11,20H2,1H3,(H,21,22). The number of carbonyl (C=O) groups is 2. The van der Waals surface area contributed by atoms with Gasteiger partial charge in [0.15, 0.2) is 0 Å². The second-order valence-electron chi connectivity index (χ2n) is 6.04. The molecular formula is C19H22N2O3S2. The molecule has 0 bridgehead atoms. The highest BCUT2D eigenvalue weighted by atomic mass is 32.2. The second kappa shape index (κ2) is 8.60. The zero-order valence-electron chi connectivity index (χ0n) is 14.7. The zero-order valence-corrected chi connectivity index (χ0v) is 16.3. The maximum absolute atomic E-state index is 12.4. The first-order valence-corrected chi connectivity index (χ1v) is 10.5. The predicted molar refractivity (Wildman–Crippen MR) is 107 cm³/mol. The normalized spacial score (nSPS) is 13.1. The van der Waals surface area contributed by atoms with Gasteiger partial charge in [0, 0.05) is 15.5 Å². The van der Waals surface area contributed by atoms with E-state index in [2.05, 4.69) is 5.32 Å². The van der Waals surface area contributed by atoms with Crippen molar-refractivity contribution in [2.24, 2.45) is 0 Å². The molecule has 7 heteroatoms. The lowest BCUT2D eigenvalue weighted by atomic mass is 9.95. The number of nitrogens with two attached hydrogens (primary N) is 1. The van der Waals surface area contributed by atoms with Crippen LogP contribution in [0.4, 0.5) is 10.7 Å². The summed E-state index contributed by atoms with van der Waals surface area (Å²) in [5.41, 5.74) is 7.98. The summed E-state index contributed by atoms with van der Waals surface area (Å²) in [5.74, 6) is -0.196. The monoisotopic (exact) mass is 390 g/mol. The lowest BCUT2D eigenvalue weighted by Crippen LogP contribution is -2.17. The maximum Gasteiger partial charge on any atom is 0.341 e. The molecule has 1 aromatic carbocycles. The number of fused-ring (bicyclic) bond motifs is 1. The van der Waals surface area contributed by atoms with Crippen LogP contribution in [0.25, 0.3) is 0 Å². The number of anilines is 2. The average molecular weight is 391 g/mol. The van der Waals surface area contributed by atoms with Crippen molar-refractivity contribution in [3.63, 3.8) is 0 Å². The number of thiophene rings is 1. The Balaban J connectivity index is 1.71. The third-order valence-corrected chi connectivity index (χ3v) is 6.37. The van der Waals surface area contributed by atoms with Gasteiger partial charge in [-0.1, -0.05) is 0 Å². The summed E-state index contributed by atoms with van der Waals surface area (Å²) in [6.45, 7) is 2.11. The fourth-order valence-corrected chi connectivity index (χ4v) is 4.94. The molecule has 26 heavy (non-hydrogen) atoms. The molecule has 0 aliphatic heterocycles. The van der Waals surface area contributed by atoms with Gasteiger partial charge in [-0.15, -0.1) is 23.1 Å². The third-order valence-electron chi connectivity index (χ3n) is 4.15. The van der Waals surface area contributed by atoms with E-state index in [1.165, 1.54) is 28.0 Å². The fourth-order valence-electron chi connectivity index (χ4n) is 2.95. The average Bonchev–Trinajstić information content (AvgIpc) is 2.99. The molecule has 1 amide bonds. The van der Waals surface area contributed by atoms with Gasteiger partial charge < -0.3 is 15.8 Å². The highest BCUT2D eigenvalue weighted by Gasteiger charge is 2.27. The van der Waals surface area contributed by atoms with Gasteiger partial charge >= 0.3 is 5.97 Å². The molecule has 0 spiro atoms. The van der Waals surface area contributed by atoms with Crippen molar-refractivity contribution in [3.05, 3.63) is 40.3 Å². The van der Waals surface area contributed by atoms with Gasteiger partial charge in [-0.3, -0.25) is 4.79 Å². The summed E-state index contributed by atoms with van der Waals surface area (Å²) < 4.78 is 5.21. The Bertz CT molecular complexity index is 800. The number of thioether (sulfide) groups is 1. The van der Waals surface area contributed by atoms with Crippen LogP contribution in [0.15, 0.2) is 29.2 Å². The van der Waals surface area contributed by atoms with Gasteiger partial charge in [-0.25, -0.2) is 4.79 Å². The number of nitrogen functional groups attached to an aromatic ring is 1. The highest BCUT2D eigenvalue weighted by Crippen LogP contribution is 2.38. The van der Waals surface area contributed by atoms with Crippen LogP contribution in [0.2, 0.25) is 0 Å². The van der Waals surface area contributed by atoms with Gasteiger partial charge in [0.2, 0.25) is 5.91 Å². The Morgan fingerprint density at radius 3 is 2.69 bits per heavy atom. The van der Waals surface area contributed by atoms with Crippen LogP contribution in [0.5, 0.6) is 0 Å². The molecule has 3 N–H and O–H groups in total. The van der Waals surface area contributed by atoms with E-state index >= 15 is 0 Å². The summed E-state index contributed by atoms with van der Waals surface area (Å²) in [5, 5.41) is 3.55. The summed E-state index contributed by atoms with van der Waals surface area (Å²) in [6.07, 6.45) is 4.02. The van der Waals surface area contributed by atoms with Crippen molar-refractivity contribution in [2.75, 3.05) is 23.4 Å². The van der Waals surface area contributed by atoms with E-state index in [1.807, 2.05) is 24.3 Å².